The molecule has 3 aromatic rings. The van der Waals surface area contributed by atoms with Crippen LogP contribution in [-0.4, -0.2) is 36.3 Å². The Kier molecular flexibility index (Phi) is 8.77. The molecule has 0 fully saturated rings. The number of carbonyl (C=O) groups excluding carboxylic acids is 3. The van der Waals surface area contributed by atoms with E-state index in [4.69, 9.17) is 16.9 Å². The van der Waals surface area contributed by atoms with Crippen LogP contribution in [0.2, 0.25) is 0 Å². The van der Waals surface area contributed by atoms with Crippen molar-refractivity contribution in [2.75, 3.05) is 6.54 Å². The number of nitrogens with two attached hydrogens (primary N) is 2. The lowest BCUT2D eigenvalue weighted by Crippen LogP contribution is -2.47. The highest BCUT2D eigenvalue weighted by molar-refractivity contribution is 6.00. The molecule has 0 spiro atoms. The van der Waals surface area contributed by atoms with Crippen molar-refractivity contribution in [3.63, 3.8) is 0 Å². The SMILES string of the molecule is N=C(N)NCCC[C@@H](NC(=O)c1ccc2ccccc2c1)C(=O)NCc1ccc(CC(N)=O)cc1. The van der Waals surface area contributed by atoms with Gasteiger partial charge in [-0.05, 0) is 46.9 Å². The number of primary amides is 1. The number of carbonyl (C=O) groups is 3. The van der Waals surface area contributed by atoms with Crippen LogP contribution in [-0.2, 0) is 22.6 Å². The summed E-state index contributed by atoms with van der Waals surface area (Å²) < 4.78 is 0. The molecule has 0 aromatic heterocycles. The first-order valence-electron chi connectivity index (χ1n) is 11.3. The molecule has 0 aliphatic heterocycles. The van der Waals surface area contributed by atoms with Gasteiger partial charge in [0.2, 0.25) is 11.8 Å². The fraction of sp³-hybridized carbons (Fsp3) is 0.231. The van der Waals surface area contributed by atoms with Crippen LogP contribution in [0, 0.1) is 5.41 Å². The Bertz CT molecular complexity index is 1210. The van der Waals surface area contributed by atoms with Crippen LogP contribution in [0.15, 0.2) is 66.7 Å². The number of guanidine groups is 1. The van der Waals surface area contributed by atoms with E-state index >= 15 is 0 Å². The lowest BCUT2D eigenvalue weighted by atomic mass is 10.1. The van der Waals surface area contributed by atoms with E-state index in [-0.39, 0.29) is 30.7 Å². The van der Waals surface area contributed by atoms with Crippen molar-refractivity contribution in [1.82, 2.24) is 16.0 Å². The molecule has 1 atom stereocenters. The fourth-order valence-corrected chi connectivity index (χ4v) is 3.66. The molecular formula is C26H30N6O3. The molecule has 9 heteroatoms. The van der Waals surface area contributed by atoms with E-state index in [0.29, 0.717) is 24.9 Å². The van der Waals surface area contributed by atoms with Crippen LogP contribution in [0.3, 0.4) is 0 Å². The predicted octanol–water partition coefficient (Wildman–Crippen LogP) is 1.55. The minimum absolute atomic E-state index is 0.147. The molecule has 0 radical (unpaired) electrons. The summed E-state index contributed by atoms with van der Waals surface area (Å²) >= 11 is 0. The molecule has 0 saturated carbocycles. The zero-order valence-corrected chi connectivity index (χ0v) is 19.3. The van der Waals surface area contributed by atoms with Gasteiger partial charge >= 0.3 is 0 Å². The fourth-order valence-electron chi connectivity index (χ4n) is 3.66. The van der Waals surface area contributed by atoms with E-state index in [1.807, 2.05) is 42.5 Å². The monoisotopic (exact) mass is 474 g/mol. The van der Waals surface area contributed by atoms with Crippen molar-refractivity contribution in [2.45, 2.75) is 31.8 Å². The minimum atomic E-state index is -0.767. The molecule has 0 unspecified atom stereocenters. The largest absolute Gasteiger partial charge is 0.370 e. The van der Waals surface area contributed by atoms with E-state index < -0.39 is 11.9 Å². The number of fused-ring (bicyclic) bond motifs is 1. The quantitative estimate of drug-likeness (QED) is 0.141. The van der Waals surface area contributed by atoms with Crippen molar-refractivity contribution >= 4 is 34.5 Å². The standard InChI is InChI=1S/C26H30N6O3/c27-23(33)14-17-7-9-18(10-8-17)16-31-25(35)22(6-3-13-30-26(28)29)32-24(34)21-12-11-19-4-1-2-5-20(19)15-21/h1-2,4-5,7-12,15,22H,3,6,13-14,16H2,(H2,27,33)(H,31,35)(H,32,34)(H4,28,29,30)/t22-/m1/s1. The van der Waals surface area contributed by atoms with Gasteiger partial charge in [-0.25, -0.2) is 0 Å². The molecule has 0 aliphatic rings. The third-order valence-electron chi connectivity index (χ3n) is 5.49. The Morgan fingerprint density at radius 2 is 1.54 bits per heavy atom. The van der Waals surface area contributed by atoms with E-state index in [2.05, 4.69) is 16.0 Å². The van der Waals surface area contributed by atoms with Gasteiger partial charge in [-0.1, -0.05) is 54.6 Å². The molecule has 3 rings (SSSR count). The van der Waals surface area contributed by atoms with Crippen molar-refractivity contribution in [3.8, 4) is 0 Å². The molecule has 35 heavy (non-hydrogen) atoms. The van der Waals surface area contributed by atoms with Crippen LogP contribution < -0.4 is 27.4 Å². The summed E-state index contributed by atoms with van der Waals surface area (Å²) in [6.45, 7) is 0.677. The first kappa shape index (κ1) is 25.2. The van der Waals surface area contributed by atoms with Gasteiger partial charge in [0, 0.05) is 18.7 Å². The van der Waals surface area contributed by atoms with Crippen LogP contribution in [0.5, 0.6) is 0 Å². The summed E-state index contributed by atoms with van der Waals surface area (Å²) in [6.07, 6.45) is 1.05. The molecular weight excluding hydrogens is 444 g/mol. The smallest absolute Gasteiger partial charge is 0.251 e. The molecule has 182 valence electrons. The molecule has 3 amide bonds. The topological polar surface area (TPSA) is 163 Å². The number of amides is 3. The van der Waals surface area contributed by atoms with Crippen molar-refractivity contribution < 1.29 is 14.4 Å². The van der Waals surface area contributed by atoms with E-state index in [1.54, 1.807) is 24.3 Å². The van der Waals surface area contributed by atoms with Gasteiger partial charge in [-0.15, -0.1) is 0 Å². The average Bonchev–Trinajstić information content (AvgIpc) is 2.84. The Hall–Kier alpha value is -4.40. The van der Waals surface area contributed by atoms with Gasteiger partial charge in [0.1, 0.15) is 6.04 Å². The highest BCUT2D eigenvalue weighted by atomic mass is 16.2. The van der Waals surface area contributed by atoms with Crippen LogP contribution in [0.4, 0.5) is 0 Å². The maximum absolute atomic E-state index is 13.0. The summed E-state index contributed by atoms with van der Waals surface area (Å²) in [4.78, 5) is 37.0. The second kappa shape index (κ2) is 12.2. The number of nitrogens with one attached hydrogen (secondary N) is 4. The van der Waals surface area contributed by atoms with Gasteiger partial charge < -0.3 is 27.4 Å². The zero-order valence-electron chi connectivity index (χ0n) is 19.3. The summed E-state index contributed by atoms with van der Waals surface area (Å²) in [5.41, 5.74) is 12.6. The Morgan fingerprint density at radius 3 is 2.23 bits per heavy atom. The molecule has 0 bridgehead atoms. The maximum atomic E-state index is 13.0. The van der Waals surface area contributed by atoms with Crippen molar-refractivity contribution in [1.29, 1.82) is 5.41 Å². The lowest BCUT2D eigenvalue weighted by Gasteiger charge is -2.19. The van der Waals surface area contributed by atoms with E-state index in [9.17, 15) is 14.4 Å². The van der Waals surface area contributed by atoms with Gasteiger partial charge in [0.05, 0.1) is 6.42 Å². The highest BCUT2D eigenvalue weighted by Gasteiger charge is 2.21. The predicted molar refractivity (Wildman–Crippen MR) is 136 cm³/mol. The average molecular weight is 475 g/mol. The molecule has 0 heterocycles. The number of benzene rings is 3. The van der Waals surface area contributed by atoms with E-state index in [1.165, 1.54) is 0 Å². The van der Waals surface area contributed by atoms with Crippen LogP contribution in [0.25, 0.3) is 10.8 Å². The molecule has 8 N–H and O–H groups in total. The van der Waals surface area contributed by atoms with Crippen molar-refractivity contribution in [2.24, 2.45) is 11.5 Å². The normalized spacial score (nSPS) is 11.4. The summed E-state index contributed by atoms with van der Waals surface area (Å²) in [6, 6.07) is 19.6. The van der Waals surface area contributed by atoms with Gasteiger partial charge in [-0.2, -0.15) is 0 Å². The summed E-state index contributed by atoms with van der Waals surface area (Å²) in [7, 11) is 0. The molecule has 0 aliphatic carbocycles. The van der Waals surface area contributed by atoms with E-state index in [0.717, 1.165) is 21.9 Å². The second-order valence-electron chi connectivity index (χ2n) is 8.25. The van der Waals surface area contributed by atoms with Gasteiger partial charge in [0.15, 0.2) is 5.96 Å². The highest BCUT2D eigenvalue weighted by Crippen LogP contribution is 2.16. The molecule has 0 saturated heterocycles. The third-order valence-corrected chi connectivity index (χ3v) is 5.49. The first-order valence-corrected chi connectivity index (χ1v) is 11.3. The number of hydrogen-bond donors (Lipinski definition) is 6. The van der Waals surface area contributed by atoms with Crippen LogP contribution in [0.1, 0.15) is 34.3 Å². The van der Waals surface area contributed by atoms with Crippen molar-refractivity contribution in [3.05, 3.63) is 83.4 Å². The molecule has 9 nitrogen and oxygen atoms in total. The Labute approximate surface area is 203 Å². The van der Waals surface area contributed by atoms with Crippen LogP contribution >= 0.6 is 0 Å². The Balaban J connectivity index is 1.65. The summed E-state index contributed by atoms with van der Waals surface area (Å²) in [5.74, 6) is -1.21. The maximum Gasteiger partial charge on any atom is 0.251 e. The van der Waals surface area contributed by atoms with Gasteiger partial charge in [0.25, 0.3) is 5.91 Å². The first-order chi connectivity index (χ1) is 16.8. The zero-order chi connectivity index (χ0) is 25.2. The number of rotatable bonds is 11. The lowest BCUT2D eigenvalue weighted by molar-refractivity contribution is -0.123. The third kappa shape index (κ3) is 7.85. The van der Waals surface area contributed by atoms with Gasteiger partial charge in [-0.3, -0.25) is 19.8 Å². The summed E-state index contributed by atoms with van der Waals surface area (Å²) in [5, 5.41) is 17.6. The Morgan fingerprint density at radius 1 is 0.857 bits per heavy atom. The minimum Gasteiger partial charge on any atom is -0.370 e. The second-order valence-corrected chi connectivity index (χ2v) is 8.25. The number of hydrogen-bond acceptors (Lipinski definition) is 4. The molecule has 3 aromatic carbocycles.